The highest BCUT2D eigenvalue weighted by Gasteiger charge is 2.31. The van der Waals surface area contributed by atoms with Crippen LogP contribution in [-0.2, 0) is 10.2 Å². The monoisotopic (exact) mass is 636 g/mol. The Balaban J connectivity index is 1.61. The topological polar surface area (TPSA) is 44.8 Å². The zero-order valence-corrected chi connectivity index (χ0v) is 24.4. The summed E-state index contributed by atoms with van der Waals surface area (Å²) in [4.78, 5) is 12.4. The van der Waals surface area contributed by atoms with Gasteiger partial charge in [0.1, 0.15) is 17.2 Å². The summed E-state index contributed by atoms with van der Waals surface area (Å²) in [5.74, 6) is 0.145. The molecule has 236 valence electrons. The first kappa shape index (κ1) is 33.4. The van der Waals surface area contributed by atoms with E-state index in [1.807, 2.05) is 31.2 Å². The van der Waals surface area contributed by atoms with Gasteiger partial charge in [-0.05, 0) is 83.3 Å². The van der Waals surface area contributed by atoms with Gasteiger partial charge in [0.05, 0.1) is 7.11 Å². The van der Waals surface area contributed by atoms with Gasteiger partial charge in [0, 0.05) is 5.41 Å². The van der Waals surface area contributed by atoms with Crippen LogP contribution in [0.1, 0.15) is 34.7 Å². The van der Waals surface area contributed by atoms with E-state index in [1.54, 1.807) is 67.8 Å². The largest absolute Gasteiger partial charge is 0.497 e. The molecule has 4 nitrogen and oxygen atoms in total. The third kappa shape index (κ3) is 8.35. The van der Waals surface area contributed by atoms with Crippen LogP contribution in [0.15, 0.2) is 133 Å². The third-order valence-corrected chi connectivity index (χ3v) is 7.06. The highest BCUT2D eigenvalue weighted by atomic mass is 19.3. The summed E-state index contributed by atoms with van der Waals surface area (Å²) in [6.45, 7) is 1.85. The van der Waals surface area contributed by atoms with Gasteiger partial charge in [-0.15, -0.1) is 0 Å². The van der Waals surface area contributed by atoms with Crippen LogP contribution in [0.2, 0.25) is 0 Å². The zero-order valence-electron chi connectivity index (χ0n) is 24.4. The van der Waals surface area contributed by atoms with E-state index in [-0.39, 0.29) is 17.3 Å². The van der Waals surface area contributed by atoms with Crippen LogP contribution in [0.3, 0.4) is 0 Å². The molecule has 0 radical (unpaired) electrons. The van der Waals surface area contributed by atoms with E-state index in [1.165, 1.54) is 36.4 Å². The molecular formula is C36H26F6O4. The summed E-state index contributed by atoms with van der Waals surface area (Å²) < 4.78 is 90.9. The molecule has 0 heterocycles. The maximum Gasteiger partial charge on any atom is 0.344 e. The average Bonchev–Trinajstić information content (AvgIpc) is 3.07. The Morgan fingerprint density at radius 2 is 0.870 bits per heavy atom. The van der Waals surface area contributed by atoms with Crippen molar-refractivity contribution in [1.29, 1.82) is 0 Å². The summed E-state index contributed by atoms with van der Waals surface area (Å²) >= 11 is 0. The lowest BCUT2D eigenvalue weighted by atomic mass is 9.71. The molecule has 0 unspecified atom stereocenters. The molecule has 4 rings (SSSR count). The molecule has 0 atom stereocenters. The molecule has 0 amide bonds. The molecule has 0 aliphatic carbocycles. The average molecular weight is 637 g/mol. The zero-order chi connectivity index (χ0) is 33.3. The number of carbonyl (C=O) groups excluding carboxylic acids is 1. The maximum atomic E-state index is 13.3. The summed E-state index contributed by atoms with van der Waals surface area (Å²) in [6.07, 6.45) is 1.01. The summed E-state index contributed by atoms with van der Waals surface area (Å²) in [7, 11) is 1.57. The van der Waals surface area contributed by atoms with Gasteiger partial charge < -0.3 is 14.2 Å². The third-order valence-electron chi connectivity index (χ3n) is 7.06. The number of allylic oxidation sites excluding steroid dienone is 2. The maximum absolute atomic E-state index is 13.3. The standard InChI is InChI=1S/C36H26F6O4/c1-36(26-11-19-30(20-12-26)45-34(41)32(37)38,27-13-21-31(22-14-27)46-35(42)33(39)40)25-9-3-23(4-10-25)5-15-28(43)16-6-24-7-17-29(44-2)18-8-24/h3-22H,1-2H3. The van der Waals surface area contributed by atoms with Crippen LogP contribution in [0.4, 0.5) is 26.3 Å². The predicted molar refractivity (Wildman–Crippen MR) is 163 cm³/mol. The van der Waals surface area contributed by atoms with Crippen molar-refractivity contribution >= 4 is 17.9 Å². The van der Waals surface area contributed by atoms with Crippen LogP contribution < -0.4 is 14.2 Å². The number of ether oxygens (including phenoxy) is 3. The Labute approximate surface area is 261 Å². The lowest BCUT2D eigenvalue weighted by Gasteiger charge is -2.32. The predicted octanol–water partition coefficient (Wildman–Crippen LogP) is 10.2. The molecular weight excluding hydrogens is 610 g/mol. The van der Waals surface area contributed by atoms with Crippen molar-refractivity contribution in [2.24, 2.45) is 0 Å². The SMILES string of the molecule is COc1ccc(C=CC(=O)C=Cc2ccc(C(C)(c3ccc(OC(F)=C(F)F)cc3)c3ccc(OC(F)=C(F)F)cc3)cc2)cc1. The summed E-state index contributed by atoms with van der Waals surface area (Å²) in [6, 6.07) is 21.9. The molecule has 0 aromatic heterocycles. The van der Waals surface area contributed by atoms with Gasteiger partial charge in [0.25, 0.3) is 0 Å². The molecule has 46 heavy (non-hydrogen) atoms. The summed E-state index contributed by atoms with van der Waals surface area (Å²) in [5, 5.41) is 0. The molecule has 0 aliphatic rings. The van der Waals surface area contributed by atoms with Crippen LogP contribution in [0, 0.1) is 0 Å². The number of hydrogen-bond donors (Lipinski definition) is 0. The highest BCUT2D eigenvalue weighted by Crippen LogP contribution is 2.40. The molecule has 0 aliphatic heterocycles. The van der Waals surface area contributed by atoms with Gasteiger partial charge in [-0.3, -0.25) is 4.79 Å². The quantitative estimate of drug-likeness (QED) is 0.0672. The molecule has 0 saturated heterocycles. The molecule has 4 aromatic rings. The van der Waals surface area contributed by atoms with Crippen molar-refractivity contribution in [1.82, 2.24) is 0 Å². The fourth-order valence-corrected chi connectivity index (χ4v) is 4.55. The van der Waals surface area contributed by atoms with E-state index in [0.717, 1.165) is 16.7 Å². The molecule has 10 heteroatoms. The van der Waals surface area contributed by atoms with Gasteiger partial charge in [-0.2, -0.15) is 26.3 Å². The number of carbonyl (C=O) groups is 1. The number of benzene rings is 4. The van der Waals surface area contributed by atoms with Crippen molar-refractivity contribution in [3.05, 3.63) is 161 Å². The van der Waals surface area contributed by atoms with Gasteiger partial charge in [0.15, 0.2) is 5.78 Å². The number of rotatable bonds is 12. The Hall–Kier alpha value is -5.51. The Kier molecular flexibility index (Phi) is 10.9. The Morgan fingerprint density at radius 3 is 1.22 bits per heavy atom. The minimum Gasteiger partial charge on any atom is -0.497 e. The first-order valence-electron chi connectivity index (χ1n) is 13.6. The second-order valence-electron chi connectivity index (χ2n) is 9.91. The minimum absolute atomic E-state index is 0.165. The van der Waals surface area contributed by atoms with Crippen LogP contribution in [0.25, 0.3) is 12.2 Å². The number of halogens is 6. The second-order valence-corrected chi connectivity index (χ2v) is 9.91. The van der Waals surface area contributed by atoms with Crippen molar-refractivity contribution in [2.45, 2.75) is 12.3 Å². The molecule has 0 fully saturated rings. The van der Waals surface area contributed by atoms with Crippen LogP contribution in [-0.4, -0.2) is 12.9 Å². The molecule has 0 N–H and O–H groups in total. The normalized spacial score (nSPS) is 11.4. The van der Waals surface area contributed by atoms with E-state index in [2.05, 4.69) is 9.47 Å². The molecule has 4 aromatic carbocycles. The lowest BCUT2D eigenvalue weighted by Crippen LogP contribution is -2.25. The fraction of sp³-hybridized carbons (Fsp3) is 0.0833. The Bertz CT molecular complexity index is 1700. The molecule has 0 bridgehead atoms. The van der Waals surface area contributed by atoms with Crippen LogP contribution in [0.5, 0.6) is 17.2 Å². The van der Waals surface area contributed by atoms with E-state index >= 15 is 0 Å². The highest BCUT2D eigenvalue weighted by molar-refractivity contribution is 6.04. The van der Waals surface area contributed by atoms with Gasteiger partial charge in [-0.25, -0.2) is 0 Å². The first-order valence-corrected chi connectivity index (χ1v) is 13.6. The van der Waals surface area contributed by atoms with Crippen molar-refractivity contribution in [3.63, 3.8) is 0 Å². The lowest BCUT2D eigenvalue weighted by molar-refractivity contribution is -0.110. The first-order chi connectivity index (χ1) is 22.0. The smallest absolute Gasteiger partial charge is 0.344 e. The van der Waals surface area contributed by atoms with E-state index in [9.17, 15) is 31.1 Å². The Morgan fingerprint density at radius 1 is 0.543 bits per heavy atom. The van der Waals surface area contributed by atoms with E-state index in [4.69, 9.17) is 4.74 Å². The minimum atomic E-state index is -2.60. The van der Waals surface area contributed by atoms with Crippen molar-refractivity contribution < 1.29 is 45.3 Å². The second kappa shape index (κ2) is 15.0. The van der Waals surface area contributed by atoms with Crippen molar-refractivity contribution in [2.75, 3.05) is 7.11 Å². The molecule has 0 spiro atoms. The van der Waals surface area contributed by atoms with Crippen molar-refractivity contribution in [3.8, 4) is 17.2 Å². The van der Waals surface area contributed by atoms with E-state index in [0.29, 0.717) is 16.9 Å². The van der Waals surface area contributed by atoms with Gasteiger partial charge in [0.2, 0.25) is 0 Å². The number of ketones is 1. The summed E-state index contributed by atoms with van der Waals surface area (Å²) in [5.41, 5.74) is 2.59. The number of methoxy groups -OCH3 is 1. The van der Waals surface area contributed by atoms with Gasteiger partial charge >= 0.3 is 24.2 Å². The van der Waals surface area contributed by atoms with E-state index < -0.39 is 29.6 Å². The van der Waals surface area contributed by atoms with Gasteiger partial charge in [-0.1, -0.05) is 72.8 Å². The van der Waals surface area contributed by atoms with Crippen LogP contribution >= 0.6 is 0 Å². The number of hydrogen-bond acceptors (Lipinski definition) is 4. The fourth-order valence-electron chi connectivity index (χ4n) is 4.55. The molecule has 0 saturated carbocycles.